The Kier molecular flexibility index (Phi) is 4.98. The van der Waals surface area contributed by atoms with Gasteiger partial charge in [-0.15, -0.1) is 16.4 Å². The van der Waals surface area contributed by atoms with Crippen molar-refractivity contribution in [1.82, 2.24) is 30.5 Å². The maximum Gasteiger partial charge on any atom is 0.190 e. The quantitative estimate of drug-likeness (QED) is 0.507. The number of anilines is 1. The third-order valence-electron chi connectivity index (χ3n) is 5.31. The van der Waals surface area contributed by atoms with E-state index in [2.05, 4.69) is 31.9 Å². The third-order valence-corrected chi connectivity index (χ3v) is 7.00. The average molecular weight is 438 g/mol. The lowest BCUT2D eigenvalue weighted by molar-refractivity contribution is 0.712. The number of halogens is 1. The zero-order chi connectivity index (χ0) is 20.7. The first kappa shape index (κ1) is 19.2. The summed E-state index contributed by atoms with van der Waals surface area (Å²) in [5.74, 6) is 0.916. The number of nitrogens with two attached hydrogens (primary N) is 1. The SMILES string of the molecule is Cc1ccc(-n2nnnc2-c2cc(-c3cc4c(s3)CCNCC4)cnc2N)cc1Cl. The van der Waals surface area contributed by atoms with Gasteiger partial charge in [-0.25, -0.2) is 4.98 Å². The molecule has 0 amide bonds. The normalized spacial score (nSPS) is 13.8. The summed E-state index contributed by atoms with van der Waals surface area (Å²) >= 11 is 8.13. The molecule has 0 fully saturated rings. The Morgan fingerprint density at radius 2 is 2.03 bits per heavy atom. The summed E-state index contributed by atoms with van der Waals surface area (Å²) in [6.45, 7) is 3.99. The number of tetrazole rings is 1. The van der Waals surface area contributed by atoms with Gasteiger partial charge in [-0.3, -0.25) is 0 Å². The summed E-state index contributed by atoms with van der Waals surface area (Å²) in [5, 5.41) is 16.3. The highest BCUT2D eigenvalue weighted by molar-refractivity contribution is 7.15. The fourth-order valence-corrected chi connectivity index (χ4v) is 4.98. The number of benzene rings is 1. The van der Waals surface area contributed by atoms with Gasteiger partial charge in [-0.05, 0) is 78.7 Å². The first-order valence-electron chi connectivity index (χ1n) is 9.73. The highest BCUT2D eigenvalue weighted by Gasteiger charge is 2.18. The summed E-state index contributed by atoms with van der Waals surface area (Å²) in [7, 11) is 0. The second-order valence-electron chi connectivity index (χ2n) is 7.31. The topological polar surface area (TPSA) is 94.5 Å². The summed E-state index contributed by atoms with van der Waals surface area (Å²) in [4.78, 5) is 7.07. The molecule has 0 atom stereocenters. The molecular formula is C21H20ClN7S. The lowest BCUT2D eigenvalue weighted by Crippen LogP contribution is -2.16. The van der Waals surface area contributed by atoms with Gasteiger partial charge < -0.3 is 11.1 Å². The van der Waals surface area contributed by atoms with Crippen LogP contribution in [0.2, 0.25) is 5.02 Å². The van der Waals surface area contributed by atoms with Gasteiger partial charge in [-0.2, -0.15) is 4.68 Å². The monoisotopic (exact) mass is 437 g/mol. The number of pyridine rings is 1. The van der Waals surface area contributed by atoms with Crippen molar-refractivity contribution in [3.63, 3.8) is 0 Å². The first-order chi connectivity index (χ1) is 14.6. The highest BCUT2D eigenvalue weighted by atomic mass is 35.5. The van der Waals surface area contributed by atoms with E-state index in [1.165, 1.54) is 15.3 Å². The smallest absolute Gasteiger partial charge is 0.190 e. The van der Waals surface area contributed by atoms with E-state index in [1.54, 1.807) is 4.68 Å². The minimum absolute atomic E-state index is 0.385. The molecule has 3 N–H and O–H groups in total. The van der Waals surface area contributed by atoms with E-state index in [4.69, 9.17) is 17.3 Å². The number of hydrogen-bond donors (Lipinski definition) is 2. The van der Waals surface area contributed by atoms with E-state index in [9.17, 15) is 0 Å². The molecule has 0 spiro atoms. The molecular weight excluding hydrogens is 418 g/mol. The van der Waals surface area contributed by atoms with Crippen LogP contribution in [-0.2, 0) is 12.8 Å². The van der Waals surface area contributed by atoms with Crippen molar-refractivity contribution in [3.05, 3.63) is 57.6 Å². The van der Waals surface area contributed by atoms with Crippen LogP contribution in [0.25, 0.3) is 27.5 Å². The van der Waals surface area contributed by atoms with Crippen molar-refractivity contribution < 1.29 is 0 Å². The van der Waals surface area contributed by atoms with E-state index in [0.29, 0.717) is 22.2 Å². The number of nitrogens with one attached hydrogen (secondary N) is 1. The molecule has 5 rings (SSSR count). The van der Waals surface area contributed by atoms with E-state index < -0.39 is 0 Å². The highest BCUT2D eigenvalue weighted by Crippen LogP contribution is 2.36. The van der Waals surface area contributed by atoms with Gasteiger partial charge in [0.05, 0.1) is 11.3 Å². The maximum absolute atomic E-state index is 6.30. The zero-order valence-corrected chi connectivity index (χ0v) is 18.0. The van der Waals surface area contributed by atoms with Gasteiger partial charge in [0.15, 0.2) is 5.82 Å². The Morgan fingerprint density at radius 1 is 1.17 bits per heavy atom. The van der Waals surface area contributed by atoms with E-state index in [1.807, 2.05) is 48.7 Å². The predicted molar refractivity (Wildman–Crippen MR) is 120 cm³/mol. The van der Waals surface area contributed by atoms with Crippen molar-refractivity contribution in [3.8, 4) is 27.5 Å². The summed E-state index contributed by atoms with van der Waals surface area (Å²) in [6, 6.07) is 10.00. The van der Waals surface area contributed by atoms with Gasteiger partial charge in [0, 0.05) is 26.5 Å². The standard InChI is InChI=1S/C21H20ClN7S/c1-12-2-3-15(10-17(12)22)29-21(26-27-28-29)16-8-14(11-25-20(16)23)19-9-13-4-6-24-7-5-18(13)30-19/h2-3,8-11,24H,4-7H2,1H3,(H2,23,25). The van der Waals surface area contributed by atoms with Crippen molar-refractivity contribution in [2.75, 3.05) is 18.8 Å². The molecule has 7 nitrogen and oxygen atoms in total. The molecule has 0 radical (unpaired) electrons. The van der Waals surface area contributed by atoms with Gasteiger partial charge in [0.2, 0.25) is 0 Å². The second-order valence-corrected chi connectivity index (χ2v) is 8.86. The number of aryl methyl sites for hydroxylation is 1. The largest absolute Gasteiger partial charge is 0.383 e. The number of rotatable bonds is 3. The average Bonchev–Trinajstić information content (AvgIpc) is 3.33. The van der Waals surface area contributed by atoms with E-state index in [0.717, 1.165) is 42.7 Å². The van der Waals surface area contributed by atoms with Crippen LogP contribution >= 0.6 is 22.9 Å². The molecule has 1 aliphatic rings. The number of fused-ring (bicyclic) bond motifs is 1. The molecule has 1 aliphatic heterocycles. The number of nitrogen functional groups attached to an aromatic ring is 1. The number of hydrogen-bond acceptors (Lipinski definition) is 7. The predicted octanol–water partition coefficient (Wildman–Crippen LogP) is 3.69. The van der Waals surface area contributed by atoms with Gasteiger partial charge in [-0.1, -0.05) is 17.7 Å². The van der Waals surface area contributed by atoms with Crippen molar-refractivity contribution in [2.45, 2.75) is 19.8 Å². The molecule has 0 aliphatic carbocycles. The Hall–Kier alpha value is -2.81. The Morgan fingerprint density at radius 3 is 2.90 bits per heavy atom. The van der Waals surface area contributed by atoms with Gasteiger partial charge >= 0.3 is 0 Å². The van der Waals surface area contributed by atoms with Gasteiger partial charge in [0.1, 0.15) is 5.82 Å². The summed E-state index contributed by atoms with van der Waals surface area (Å²) < 4.78 is 1.64. The third kappa shape index (κ3) is 3.47. The van der Waals surface area contributed by atoms with Crippen LogP contribution in [0.1, 0.15) is 16.0 Å². The van der Waals surface area contributed by atoms with Crippen LogP contribution in [0.15, 0.2) is 36.5 Å². The van der Waals surface area contributed by atoms with E-state index >= 15 is 0 Å². The van der Waals surface area contributed by atoms with Crippen LogP contribution in [-0.4, -0.2) is 38.3 Å². The summed E-state index contributed by atoms with van der Waals surface area (Å²) in [6.07, 6.45) is 3.92. The molecule has 0 saturated carbocycles. The van der Waals surface area contributed by atoms with Crippen LogP contribution in [0.4, 0.5) is 5.82 Å². The Bertz CT molecular complexity index is 1210. The molecule has 0 saturated heterocycles. The minimum atomic E-state index is 0.385. The first-order valence-corrected chi connectivity index (χ1v) is 10.9. The van der Waals surface area contributed by atoms with Crippen LogP contribution < -0.4 is 11.1 Å². The molecule has 4 aromatic rings. The molecule has 9 heteroatoms. The zero-order valence-electron chi connectivity index (χ0n) is 16.4. The lowest BCUT2D eigenvalue weighted by Gasteiger charge is -2.09. The maximum atomic E-state index is 6.30. The van der Waals surface area contributed by atoms with Crippen molar-refractivity contribution in [1.29, 1.82) is 0 Å². The van der Waals surface area contributed by atoms with E-state index in [-0.39, 0.29) is 0 Å². The minimum Gasteiger partial charge on any atom is -0.383 e. The summed E-state index contributed by atoms with van der Waals surface area (Å²) in [5.41, 5.74) is 11.1. The lowest BCUT2D eigenvalue weighted by atomic mass is 10.1. The molecule has 0 unspecified atom stereocenters. The van der Waals surface area contributed by atoms with Gasteiger partial charge in [0.25, 0.3) is 0 Å². The van der Waals surface area contributed by atoms with Crippen LogP contribution in [0, 0.1) is 6.92 Å². The van der Waals surface area contributed by atoms with Crippen molar-refractivity contribution in [2.24, 2.45) is 0 Å². The molecule has 1 aromatic carbocycles. The Balaban J connectivity index is 1.57. The van der Waals surface area contributed by atoms with Crippen LogP contribution in [0.3, 0.4) is 0 Å². The molecule has 4 heterocycles. The van der Waals surface area contributed by atoms with Crippen LogP contribution in [0.5, 0.6) is 0 Å². The number of thiophene rings is 1. The number of aromatic nitrogens is 5. The second kappa shape index (κ2) is 7.79. The molecule has 30 heavy (non-hydrogen) atoms. The Labute approximate surface area is 182 Å². The molecule has 152 valence electrons. The molecule has 0 bridgehead atoms. The van der Waals surface area contributed by atoms with Crippen molar-refractivity contribution >= 4 is 28.8 Å². The fraction of sp³-hybridized carbons (Fsp3) is 0.238. The fourth-order valence-electron chi connectivity index (χ4n) is 3.61. The number of nitrogens with zero attached hydrogens (tertiary/aromatic N) is 5. The molecule has 3 aromatic heterocycles.